The van der Waals surface area contributed by atoms with Gasteiger partial charge < -0.3 is 15.6 Å². The standard InChI is InChI=1S/C18H18F4N4O2/c1-9-6-13(28-26-9)14(27)24-10-4-5-12(19)11(7-10)17(3)18(21,22)8-16(2,20)15(23)25-17/h4-7H,8H2,1-3H3,(H2,23,25)(H,24,27). The van der Waals surface area contributed by atoms with Gasteiger partial charge in [0.05, 0.1) is 12.1 Å². The zero-order chi connectivity index (χ0) is 20.9. The highest BCUT2D eigenvalue weighted by Crippen LogP contribution is 2.50. The van der Waals surface area contributed by atoms with Crippen LogP contribution in [-0.4, -0.2) is 28.5 Å². The molecule has 2 atom stereocenters. The molecule has 10 heteroatoms. The third-order valence-electron chi connectivity index (χ3n) is 4.74. The molecule has 1 amide bonds. The molecule has 2 heterocycles. The fourth-order valence-corrected chi connectivity index (χ4v) is 3.02. The molecule has 150 valence electrons. The molecule has 1 aliphatic rings. The summed E-state index contributed by atoms with van der Waals surface area (Å²) in [7, 11) is 0. The van der Waals surface area contributed by atoms with E-state index in [0.29, 0.717) is 5.69 Å². The minimum atomic E-state index is -3.73. The number of hydrogen-bond donors (Lipinski definition) is 2. The third-order valence-corrected chi connectivity index (χ3v) is 4.74. The molecular weight excluding hydrogens is 380 g/mol. The SMILES string of the molecule is Cc1cc(C(=O)Nc2ccc(F)c(C3(C)N=C(N)C(C)(F)CC3(F)F)c2)on1. The van der Waals surface area contributed by atoms with Crippen LogP contribution in [0.3, 0.4) is 0 Å². The Morgan fingerprint density at radius 3 is 2.54 bits per heavy atom. The van der Waals surface area contributed by atoms with E-state index in [9.17, 15) is 22.4 Å². The van der Waals surface area contributed by atoms with Gasteiger partial charge in [-0.3, -0.25) is 9.79 Å². The van der Waals surface area contributed by atoms with Crippen LogP contribution >= 0.6 is 0 Å². The molecule has 1 aliphatic heterocycles. The number of aliphatic imine (C=N–C) groups is 1. The molecule has 2 unspecified atom stereocenters. The van der Waals surface area contributed by atoms with E-state index in [-0.39, 0.29) is 11.4 Å². The third kappa shape index (κ3) is 3.23. The van der Waals surface area contributed by atoms with Crippen molar-refractivity contribution in [1.29, 1.82) is 0 Å². The number of nitrogens with zero attached hydrogens (tertiary/aromatic N) is 2. The van der Waals surface area contributed by atoms with Gasteiger partial charge in [-0.2, -0.15) is 0 Å². The van der Waals surface area contributed by atoms with Crippen LogP contribution in [0, 0.1) is 12.7 Å². The van der Waals surface area contributed by atoms with E-state index in [4.69, 9.17) is 10.3 Å². The Balaban J connectivity index is 2.01. The lowest BCUT2D eigenvalue weighted by molar-refractivity contribution is -0.106. The summed E-state index contributed by atoms with van der Waals surface area (Å²) in [4.78, 5) is 15.8. The van der Waals surface area contributed by atoms with Crippen LogP contribution in [0.5, 0.6) is 0 Å². The first-order valence-corrected chi connectivity index (χ1v) is 8.33. The van der Waals surface area contributed by atoms with Crippen LogP contribution in [0.2, 0.25) is 0 Å². The maximum atomic E-state index is 14.8. The lowest BCUT2D eigenvalue weighted by Gasteiger charge is -2.42. The van der Waals surface area contributed by atoms with E-state index in [2.05, 4.69) is 15.5 Å². The summed E-state index contributed by atoms with van der Waals surface area (Å²) in [5.74, 6) is -6.17. The summed E-state index contributed by atoms with van der Waals surface area (Å²) in [6.45, 7) is 3.48. The predicted molar refractivity (Wildman–Crippen MR) is 93.6 cm³/mol. The number of benzene rings is 1. The number of aromatic nitrogens is 1. The second-order valence-electron chi connectivity index (χ2n) is 7.13. The molecule has 0 aliphatic carbocycles. The first-order valence-electron chi connectivity index (χ1n) is 8.33. The Morgan fingerprint density at radius 1 is 1.25 bits per heavy atom. The number of carbonyl (C=O) groups is 1. The van der Waals surface area contributed by atoms with Crippen LogP contribution in [0.15, 0.2) is 33.8 Å². The van der Waals surface area contributed by atoms with Gasteiger partial charge in [0.25, 0.3) is 11.8 Å². The molecule has 1 aromatic carbocycles. The molecule has 1 aromatic heterocycles. The van der Waals surface area contributed by atoms with Crippen molar-refractivity contribution < 1.29 is 26.9 Å². The number of amidine groups is 1. The van der Waals surface area contributed by atoms with Crippen molar-refractivity contribution in [2.75, 3.05) is 5.32 Å². The Labute approximate surface area is 157 Å². The molecule has 2 aromatic rings. The Bertz CT molecular complexity index is 970. The van der Waals surface area contributed by atoms with Crippen molar-refractivity contribution in [1.82, 2.24) is 5.16 Å². The van der Waals surface area contributed by atoms with E-state index in [1.807, 2.05) is 0 Å². The summed E-state index contributed by atoms with van der Waals surface area (Å²) in [6.07, 6.45) is -1.25. The largest absolute Gasteiger partial charge is 0.385 e. The van der Waals surface area contributed by atoms with Crippen molar-refractivity contribution >= 4 is 17.4 Å². The van der Waals surface area contributed by atoms with Gasteiger partial charge in [0, 0.05) is 17.3 Å². The normalized spacial score (nSPS) is 26.6. The number of carbonyl (C=O) groups excluding carboxylic acids is 1. The van der Waals surface area contributed by atoms with E-state index in [1.54, 1.807) is 6.92 Å². The maximum absolute atomic E-state index is 14.8. The molecule has 3 rings (SSSR count). The number of amides is 1. The number of halogens is 4. The molecule has 0 radical (unpaired) electrons. The van der Waals surface area contributed by atoms with Crippen molar-refractivity contribution in [3.05, 3.63) is 47.1 Å². The zero-order valence-corrected chi connectivity index (χ0v) is 15.3. The highest BCUT2D eigenvalue weighted by atomic mass is 19.3. The van der Waals surface area contributed by atoms with Gasteiger partial charge in [-0.05, 0) is 39.0 Å². The molecule has 0 saturated heterocycles. The highest BCUT2D eigenvalue weighted by Gasteiger charge is 2.60. The van der Waals surface area contributed by atoms with Gasteiger partial charge in [0.15, 0.2) is 11.2 Å². The first-order chi connectivity index (χ1) is 12.9. The number of rotatable bonds is 3. The molecule has 6 nitrogen and oxygen atoms in total. The number of anilines is 1. The lowest BCUT2D eigenvalue weighted by Crippen LogP contribution is -2.56. The monoisotopic (exact) mass is 398 g/mol. The minimum Gasteiger partial charge on any atom is -0.385 e. The van der Waals surface area contributed by atoms with Gasteiger partial charge in [0.1, 0.15) is 11.7 Å². The van der Waals surface area contributed by atoms with Crippen molar-refractivity contribution in [3.8, 4) is 0 Å². The maximum Gasteiger partial charge on any atom is 0.294 e. The fraction of sp³-hybridized carbons (Fsp3) is 0.389. The summed E-state index contributed by atoms with van der Waals surface area (Å²) < 4.78 is 63.1. The second-order valence-corrected chi connectivity index (χ2v) is 7.13. The fourth-order valence-electron chi connectivity index (χ4n) is 3.02. The summed E-state index contributed by atoms with van der Waals surface area (Å²) in [5.41, 5.74) is 0.526. The van der Waals surface area contributed by atoms with Crippen LogP contribution in [0.1, 0.15) is 42.1 Å². The van der Waals surface area contributed by atoms with Gasteiger partial charge in [-0.15, -0.1) is 0 Å². The topological polar surface area (TPSA) is 93.5 Å². The van der Waals surface area contributed by atoms with E-state index < -0.39 is 46.7 Å². The van der Waals surface area contributed by atoms with Crippen molar-refractivity contribution in [3.63, 3.8) is 0 Å². The lowest BCUT2D eigenvalue weighted by atomic mass is 9.77. The molecule has 0 fully saturated rings. The van der Waals surface area contributed by atoms with Gasteiger partial charge in [-0.1, -0.05) is 5.16 Å². The van der Waals surface area contributed by atoms with Crippen molar-refractivity contribution in [2.24, 2.45) is 10.7 Å². The quantitative estimate of drug-likeness (QED) is 0.771. The minimum absolute atomic E-state index is 0.0230. The molecule has 0 spiro atoms. The number of nitrogens with two attached hydrogens (primary N) is 1. The average Bonchev–Trinajstić information content (AvgIpc) is 3.01. The van der Waals surface area contributed by atoms with E-state index in [1.165, 1.54) is 12.1 Å². The molecule has 0 saturated carbocycles. The molecule has 0 bridgehead atoms. The van der Waals surface area contributed by atoms with Crippen molar-refractivity contribution in [2.45, 2.75) is 44.3 Å². The smallest absolute Gasteiger partial charge is 0.294 e. The summed E-state index contributed by atoms with van der Waals surface area (Å²) in [5, 5.41) is 5.99. The van der Waals surface area contributed by atoms with E-state index in [0.717, 1.165) is 26.0 Å². The Kier molecular flexibility index (Phi) is 4.48. The molecule has 28 heavy (non-hydrogen) atoms. The second kappa shape index (κ2) is 6.32. The summed E-state index contributed by atoms with van der Waals surface area (Å²) >= 11 is 0. The highest BCUT2D eigenvalue weighted by molar-refractivity contribution is 6.02. The molecular formula is C18H18F4N4O2. The number of alkyl halides is 3. The molecule has 3 N–H and O–H groups in total. The first kappa shape index (κ1) is 19.8. The van der Waals surface area contributed by atoms with Gasteiger partial charge >= 0.3 is 0 Å². The summed E-state index contributed by atoms with van der Waals surface area (Å²) in [6, 6.07) is 4.50. The Morgan fingerprint density at radius 2 is 1.93 bits per heavy atom. The number of hydrogen-bond acceptors (Lipinski definition) is 5. The number of aryl methyl sites for hydroxylation is 1. The Hall–Kier alpha value is -2.91. The van der Waals surface area contributed by atoms with Crippen LogP contribution < -0.4 is 11.1 Å². The van der Waals surface area contributed by atoms with Crippen LogP contribution in [-0.2, 0) is 5.54 Å². The van der Waals surface area contributed by atoms with E-state index >= 15 is 0 Å². The van der Waals surface area contributed by atoms with Crippen LogP contribution in [0.25, 0.3) is 0 Å². The van der Waals surface area contributed by atoms with Gasteiger partial charge in [-0.25, -0.2) is 17.6 Å². The average molecular weight is 398 g/mol. The van der Waals surface area contributed by atoms with Gasteiger partial charge in [0.2, 0.25) is 5.76 Å². The number of nitrogens with one attached hydrogen (secondary N) is 1. The predicted octanol–water partition coefficient (Wildman–Crippen LogP) is 3.71. The van der Waals surface area contributed by atoms with Crippen LogP contribution in [0.4, 0.5) is 23.2 Å². The zero-order valence-electron chi connectivity index (χ0n) is 15.3.